The van der Waals surface area contributed by atoms with E-state index < -0.39 is 35.0 Å². The molecule has 0 aromatic heterocycles. The first-order valence-electron chi connectivity index (χ1n) is 9.81. The monoisotopic (exact) mass is 479 g/mol. The van der Waals surface area contributed by atoms with Gasteiger partial charge in [0.15, 0.2) is 0 Å². The van der Waals surface area contributed by atoms with Gasteiger partial charge in [0, 0.05) is 0 Å². The molecule has 2 aliphatic rings. The number of carbonyl (C=O) groups excluding carboxylic acids is 1. The van der Waals surface area contributed by atoms with E-state index in [1.165, 1.54) is 6.08 Å². The lowest BCUT2D eigenvalue weighted by Gasteiger charge is -2.16. The number of nitrogens with zero attached hydrogens (tertiary/aromatic N) is 3. The third kappa shape index (κ3) is 5.51. The molecule has 176 valence electrons. The van der Waals surface area contributed by atoms with Crippen molar-refractivity contribution in [1.82, 2.24) is 0 Å². The summed E-state index contributed by atoms with van der Waals surface area (Å²) >= 11 is 0. The molecule has 0 saturated carbocycles. The van der Waals surface area contributed by atoms with Crippen LogP contribution in [0.15, 0.2) is 70.4 Å². The van der Waals surface area contributed by atoms with Crippen molar-refractivity contribution in [3.05, 3.63) is 82.1 Å². The maximum Gasteiger partial charge on any atom is 0.416 e. The number of carbonyl (C=O) groups is 1. The number of aliphatic imine (C=N–C) groups is 1. The Morgan fingerprint density at radius 2 is 1.79 bits per heavy atom. The molecule has 1 aliphatic carbocycles. The van der Waals surface area contributed by atoms with E-state index in [1.807, 2.05) is 13.0 Å². The zero-order valence-corrected chi connectivity index (χ0v) is 17.6. The summed E-state index contributed by atoms with van der Waals surface area (Å²) in [5, 5.41) is 9.27. The average molecular weight is 479 g/mol. The van der Waals surface area contributed by atoms with Crippen LogP contribution >= 0.6 is 0 Å². The molecular weight excluding hydrogens is 462 g/mol. The number of hydrogen-bond donors (Lipinski definition) is 1. The highest BCUT2D eigenvalue weighted by atomic mass is 19.4. The maximum absolute atomic E-state index is 13.2. The molecule has 1 aromatic rings. The highest BCUT2D eigenvalue weighted by Gasteiger charge is 2.38. The lowest BCUT2D eigenvalue weighted by molar-refractivity contribution is -0.327. The minimum Gasteiger partial charge on any atom is -0.365 e. The van der Waals surface area contributed by atoms with Crippen LogP contribution < -0.4 is 5.73 Å². The number of halogens is 6. The molecule has 2 N–H and O–H groups in total. The summed E-state index contributed by atoms with van der Waals surface area (Å²) in [5.74, 6) is -1.19. The minimum atomic E-state index is -5.02. The fourth-order valence-electron chi connectivity index (χ4n) is 3.29. The first-order valence-corrected chi connectivity index (χ1v) is 9.81. The fourth-order valence-corrected chi connectivity index (χ4v) is 3.29. The van der Waals surface area contributed by atoms with Gasteiger partial charge in [-0.25, -0.2) is 4.58 Å². The summed E-state index contributed by atoms with van der Waals surface area (Å²) in [4.78, 5) is 16.0. The molecule has 5 nitrogen and oxygen atoms in total. The highest BCUT2D eigenvalue weighted by molar-refractivity contribution is 6.05. The molecule has 1 unspecified atom stereocenters. The Hall–Kier alpha value is -3.94. The minimum absolute atomic E-state index is 0.0178. The largest absolute Gasteiger partial charge is 0.416 e. The van der Waals surface area contributed by atoms with Crippen molar-refractivity contribution in [2.45, 2.75) is 25.7 Å². The van der Waals surface area contributed by atoms with E-state index in [0.717, 1.165) is 17.1 Å². The predicted octanol–water partition coefficient (Wildman–Crippen LogP) is 4.87. The molecule has 0 bridgehead atoms. The van der Waals surface area contributed by atoms with Crippen LogP contribution in [0.3, 0.4) is 0 Å². The number of primary amides is 1. The van der Waals surface area contributed by atoms with Crippen LogP contribution in [-0.2, 0) is 17.1 Å². The number of allylic oxidation sites excluding steroid dienone is 5. The van der Waals surface area contributed by atoms with E-state index >= 15 is 0 Å². The third-order valence-corrected chi connectivity index (χ3v) is 4.95. The van der Waals surface area contributed by atoms with Crippen molar-refractivity contribution >= 4 is 18.1 Å². The molecule has 11 heteroatoms. The Labute approximate surface area is 190 Å². The van der Waals surface area contributed by atoms with Gasteiger partial charge in [-0.3, -0.25) is 4.79 Å². The zero-order chi connectivity index (χ0) is 25.3. The summed E-state index contributed by atoms with van der Waals surface area (Å²) in [6.07, 6.45) is -0.704. The normalized spacial score (nSPS) is 19.0. The first-order chi connectivity index (χ1) is 15.8. The van der Waals surface area contributed by atoms with E-state index in [2.05, 4.69) is 4.99 Å². The van der Waals surface area contributed by atoms with Crippen molar-refractivity contribution in [1.29, 1.82) is 5.26 Å². The first kappa shape index (κ1) is 24.7. The molecule has 0 saturated heterocycles. The number of amides is 1. The van der Waals surface area contributed by atoms with Gasteiger partial charge in [-0.05, 0) is 48.3 Å². The molecule has 1 aromatic carbocycles. The quantitative estimate of drug-likeness (QED) is 0.380. The fraction of sp³-hybridized carbons (Fsp3) is 0.217. The second kappa shape index (κ2) is 9.13. The van der Waals surface area contributed by atoms with Crippen molar-refractivity contribution in [2.24, 2.45) is 16.6 Å². The Morgan fingerprint density at radius 1 is 1.18 bits per heavy atom. The topological polar surface area (TPSA) is 82.2 Å². The van der Waals surface area contributed by atoms with Crippen molar-refractivity contribution < 1.29 is 35.7 Å². The maximum atomic E-state index is 13.2. The molecule has 1 atom stereocenters. The Morgan fingerprint density at radius 3 is 2.26 bits per heavy atom. The summed E-state index contributed by atoms with van der Waals surface area (Å²) in [6.45, 7) is 1.86. The van der Waals surface area contributed by atoms with E-state index in [1.54, 1.807) is 18.2 Å². The van der Waals surface area contributed by atoms with Crippen LogP contribution in [0, 0.1) is 17.2 Å². The van der Waals surface area contributed by atoms with Crippen molar-refractivity contribution in [3.8, 4) is 6.07 Å². The van der Waals surface area contributed by atoms with Gasteiger partial charge in [0.1, 0.15) is 0 Å². The van der Waals surface area contributed by atoms with Crippen LogP contribution in [0.5, 0.6) is 0 Å². The SMILES string of the molecule is CC1C=C(C(=C[N+]2=C(c3cc(C(F)(F)F)cc(C(F)(F)F)c3)N=C2)C(N)=O)C=C(C#N)C=CC1. The molecule has 0 fully saturated rings. The number of amidine groups is 1. The second-order valence-electron chi connectivity index (χ2n) is 7.63. The summed E-state index contributed by atoms with van der Waals surface area (Å²) in [6, 6.07) is 3.07. The molecule has 34 heavy (non-hydrogen) atoms. The Bertz CT molecular complexity index is 1220. The number of nitrogens with two attached hydrogens (primary N) is 1. The number of nitriles is 1. The van der Waals surface area contributed by atoms with Gasteiger partial charge in [0.2, 0.25) is 6.34 Å². The summed E-state index contributed by atoms with van der Waals surface area (Å²) < 4.78 is 80.4. The smallest absolute Gasteiger partial charge is 0.365 e. The molecule has 1 aliphatic heterocycles. The molecule has 0 radical (unpaired) electrons. The number of alkyl halides is 6. The standard InChI is InChI=1S/C23H16F6N4O/c1-13-3-2-4-14(10-30)6-15(5-13)19(20(31)34)11-33-12-32-21(33)16-7-17(22(24,25)26)9-18(8-16)23(27,28)29/h2,4-9,11-13H,3H2,1H3,(H-,31,34)/p+1. The molecule has 1 heterocycles. The number of benzene rings is 1. The molecular formula is C23H17F6N4O+. The average Bonchev–Trinajstić information content (AvgIpc) is 2.68. The van der Waals surface area contributed by atoms with Crippen LogP contribution in [-0.4, -0.2) is 22.7 Å². The van der Waals surface area contributed by atoms with Crippen molar-refractivity contribution in [2.75, 3.05) is 0 Å². The van der Waals surface area contributed by atoms with E-state index in [0.29, 0.717) is 24.1 Å². The molecule has 1 amide bonds. The van der Waals surface area contributed by atoms with Gasteiger partial charge in [-0.15, -0.1) is 0 Å². The number of hydrogen-bond acceptors (Lipinski definition) is 3. The van der Waals surface area contributed by atoms with Crippen LogP contribution in [0.25, 0.3) is 0 Å². The van der Waals surface area contributed by atoms with Gasteiger partial charge in [0.25, 0.3) is 11.7 Å². The van der Waals surface area contributed by atoms with Crippen LogP contribution in [0.1, 0.15) is 30.0 Å². The highest BCUT2D eigenvalue weighted by Crippen LogP contribution is 2.36. The van der Waals surface area contributed by atoms with E-state index in [9.17, 15) is 36.4 Å². The summed E-state index contributed by atoms with van der Waals surface area (Å²) in [5.41, 5.74) is 2.52. The lowest BCUT2D eigenvalue weighted by atomic mass is 9.94. The predicted molar refractivity (Wildman–Crippen MR) is 111 cm³/mol. The van der Waals surface area contributed by atoms with Gasteiger partial charge < -0.3 is 5.73 Å². The van der Waals surface area contributed by atoms with E-state index in [-0.39, 0.29) is 29.0 Å². The third-order valence-electron chi connectivity index (χ3n) is 4.95. The molecule has 3 rings (SSSR count). The summed E-state index contributed by atoms with van der Waals surface area (Å²) in [7, 11) is 0. The Balaban J connectivity index is 2.16. The van der Waals surface area contributed by atoms with E-state index in [4.69, 9.17) is 5.73 Å². The van der Waals surface area contributed by atoms with Gasteiger partial charge in [-0.1, -0.05) is 24.1 Å². The molecule has 0 spiro atoms. The lowest BCUT2D eigenvalue weighted by Crippen LogP contribution is -2.27. The van der Waals surface area contributed by atoms with Gasteiger partial charge in [0.05, 0.1) is 40.1 Å². The van der Waals surface area contributed by atoms with Crippen molar-refractivity contribution in [3.63, 3.8) is 0 Å². The van der Waals surface area contributed by atoms with Gasteiger partial charge >= 0.3 is 12.4 Å². The van der Waals surface area contributed by atoms with Crippen LogP contribution in [0.2, 0.25) is 0 Å². The second-order valence-corrected chi connectivity index (χ2v) is 7.63. The Kier molecular flexibility index (Phi) is 6.63. The van der Waals surface area contributed by atoms with Crippen LogP contribution in [0.4, 0.5) is 26.3 Å². The van der Waals surface area contributed by atoms with Gasteiger partial charge in [-0.2, -0.15) is 31.6 Å². The number of rotatable bonds is 4. The zero-order valence-electron chi connectivity index (χ0n) is 17.6.